The van der Waals surface area contributed by atoms with E-state index in [1.165, 1.54) is 24.0 Å². The molecule has 0 radical (unpaired) electrons. The standard InChI is InChI=1S/C12H14O2/c1-8-2-4-10-9(6-8)3-5-11-12(10)14-7-13-11/h3,5,8H,2,4,6-7H2,1H3/t8-/m0/s1. The van der Waals surface area contributed by atoms with Crippen molar-refractivity contribution >= 4 is 0 Å². The van der Waals surface area contributed by atoms with Crippen molar-refractivity contribution in [2.24, 2.45) is 5.92 Å². The second kappa shape index (κ2) is 2.91. The van der Waals surface area contributed by atoms with Crippen LogP contribution in [0.4, 0.5) is 0 Å². The smallest absolute Gasteiger partial charge is 0.231 e. The van der Waals surface area contributed by atoms with Gasteiger partial charge in [0.25, 0.3) is 0 Å². The van der Waals surface area contributed by atoms with E-state index >= 15 is 0 Å². The lowest BCUT2D eigenvalue weighted by Gasteiger charge is -2.22. The Bertz CT molecular complexity index is 371. The molecule has 1 aliphatic carbocycles. The Labute approximate surface area is 83.8 Å². The number of rotatable bonds is 0. The van der Waals surface area contributed by atoms with Gasteiger partial charge in [0.15, 0.2) is 11.5 Å². The molecule has 2 nitrogen and oxygen atoms in total. The maximum absolute atomic E-state index is 5.51. The normalized spacial score (nSPS) is 23.4. The van der Waals surface area contributed by atoms with Gasteiger partial charge in [0.1, 0.15) is 0 Å². The molecule has 0 unspecified atom stereocenters. The molecule has 0 amide bonds. The maximum atomic E-state index is 5.51. The molecule has 1 atom stereocenters. The molecule has 3 rings (SSSR count). The van der Waals surface area contributed by atoms with Crippen LogP contribution in [-0.4, -0.2) is 6.79 Å². The summed E-state index contributed by atoms with van der Waals surface area (Å²) in [5.41, 5.74) is 2.84. The predicted octanol–water partition coefficient (Wildman–Crippen LogP) is 2.54. The molecule has 1 aromatic rings. The average molecular weight is 190 g/mol. The second-order valence-corrected chi connectivity index (χ2v) is 4.28. The summed E-state index contributed by atoms with van der Waals surface area (Å²) in [6.07, 6.45) is 3.60. The first kappa shape index (κ1) is 8.16. The summed E-state index contributed by atoms with van der Waals surface area (Å²) in [6, 6.07) is 4.23. The van der Waals surface area contributed by atoms with Gasteiger partial charge in [0, 0.05) is 5.56 Å². The molecule has 2 heteroatoms. The van der Waals surface area contributed by atoms with Crippen LogP contribution < -0.4 is 9.47 Å². The van der Waals surface area contributed by atoms with Crippen molar-refractivity contribution in [3.8, 4) is 11.5 Å². The Balaban J connectivity index is 2.10. The van der Waals surface area contributed by atoms with E-state index in [9.17, 15) is 0 Å². The van der Waals surface area contributed by atoms with Crippen LogP contribution >= 0.6 is 0 Å². The van der Waals surface area contributed by atoms with Crippen LogP contribution in [0.3, 0.4) is 0 Å². The zero-order valence-corrected chi connectivity index (χ0v) is 8.38. The number of fused-ring (bicyclic) bond motifs is 3. The molecule has 0 saturated carbocycles. The van der Waals surface area contributed by atoms with Crippen molar-refractivity contribution in [1.29, 1.82) is 0 Å². The molecule has 0 spiro atoms. The molecule has 1 heterocycles. The Morgan fingerprint density at radius 3 is 3.14 bits per heavy atom. The molecule has 0 aromatic heterocycles. The molecule has 74 valence electrons. The van der Waals surface area contributed by atoms with Gasteiger partial charge in [-0.25, -0.2) is 0 Å². The van der Waals surface area contributed by atoms with Crippen LogP contribution in [0, 0.1) is 5.92 Å². The number of hydrogen-bond donors (Lipinski definition) is 0. The fourth-order valence-corrected chi connectivity index (χ4v) is 2.40. The summed E-state index contributed by atoms with van der Waals surface area (Å²) in [6.45, 7) is 2.70. The Kier molecular flexibility index (Phi) is 1.69. The van der Waals surface area contributed by atoms with E-state index in [1.807, 2.05) is 6.07 Å². The minimum Gasteiger partial charge on any atom is -0.454 e. The molecule has 0 bridgehead atoms. The summed E-state index contributed by atoms with van der Waals surface area (Å²) >= 11 is 0. The van der Waals surface area contributed by atoms with E-state index in [0.29, 0.717) is 6.79 Å². The van der Waals surface area contributed by atoms with Crippen LogP contribution in [-0.2, 0) is 12.8 Å². The molecule has 0 saturated heterocycles. The highest BCUT2D eigenvalue weighted by molar-refractivity contribution is 5.53. The van der Waals surface area contributed by atoms with Crippen LogP contribution in [0.25, 0.3) is 0 Å². The summed E-state index contributed by atoms with van der Waals surface area (Å²) < 4.78 is 10.9. The predicted molar refractivity (Wildman–Crippen MR) is 53.8 cm³/mol. The van der Waals surface area contributed by atoms with Gasteiger partial charge < -0.3 is 9.47 Å². The second-order valence-electron chi connectivity index (χ2n) is 4.28. The van der Waals surface area contributed by atoms with Gasteiger partial charge in [-0.2, -0.15) is 0 Å². The zero-order valence-electron chi connectivity index (χ0n) is 8.38. The third kappa shape index (κ3) is 1.10. The van der Waals surface area contributed by atoms with Crippen molar-refractivity contribution in [2.75, 3.05) is 6.79 Å². The fraction of sp³-hybridized carbons (Fsp3) is 0.500. The lowest BCUT2D eigenvalue weighted by molar-refractivity contribution is 0.173. The topological polar surface area (TPSA) is 18.5 Å². The van der Waals surface area contributed by atoms with Crippen LogP contribution in [0.15, 0.2) is 12.1 Å². The molecule has 1 aliphatic heterocycles. The highest BCUT2D eigenvalue weighted by Gasteiger charge is 2.24. The molecular formula is C12H14O2. The van der Waals surface area contributed by atoms with Crippen LogP contribution in [0.1, 0.15) is 24.5 Å². The third-order valence-electron chi connectivity index (χ3n) is 3.19. The van der Waals surface area contributed by atoms with Gasteiger partial charge in [-0.05, 0) is 36.8 Å². The minimum atomic E-state index is 0.390. The summed E-state index contributed by atoms with van der Waals surface area (Å²) in [5, 5.41) is 0. The fourth-order valence-electron chi connectivity index (χ4n) is 2.40. The van der Waals surface area contributed by atoms with Gasteiger partial charge in [-0.15, -0.1) is 0 Å². The van der Waals surface area contributed by atoms with Crippen molar-refractivity contribution in [3.05, 3.63) is 23.3 Å². The summed E-state index contributed by atoms with van der Waals surface area (Å²) in [7, 11) is 0. The summed E-state index contributed by atoms with van der Waals surface area (Å²) in [4.78, 5) is 0. The van der Waals surface area contributed by atoms with E-state index in [4.69, 9.17) is 9.47 Å². The minimum absolute atomic E-state index is 0.390. The van der Waals surface area contributed by atoms with E-state index in [0.717, 1.165) is 23.8 Å². The lowest BCUT2D eigenvalue weighted by Crippen LogP contribution is -2.11. The number of ether oxygens (including phenoxy) is 2. The average Bonchev–Trinajstić information content (AvgIpc) is 2.65. The highest BCUT2D eigenvalue weighted by Crippen LogP contribution is 2.41. The molecule has 0 N–H and O–H groups in total. The third-order valence-corrected chi connectivity index (χ3v) is 3.19. The lowest BCUT2D eigenvalue weighted by atomic mass is 9.84. The van der Waals surface area contributed by atoms with Gasteiger partial charge in [-0.3, -0.25) is 0 Å². The summed E-state index contributed by atoms with van der Waals surface area (Å²) in [5.74, 6) is 2.75. The Hall–Kier alpha value is -1.18. The van der Waals surface area contributed by atoms with E-state index in [1.54, 1.807) is 0 Å². The van der Waals surface area contributed by atoms with Crippen LogP contribution in [0.5, 0.6) is 11.5 Å². The monoisotopic (exact) mass is 190 g/mol. The first-order chi connectivity index (χ1) is 6.84. The highest BCUT2D eigenvalue weighted by atomic mass is 16.7. The van der Waals surface area contributed by atoms with Gasteiger partial charge in [-0.1, -0.05) is 13.0 Å². The Morgan fingerprint density at radius 1 is 1.29 bits per heavy atom. The van der Waals surface area contributed by atoms with Gasteiger partial charge in [0.2, 0.25) is 6.79 Å². The first-order valence-electron chi connectivity index (χ1n) is 5.25. The van der Waals surface area contributed by atoms with Crippen molar-refractivity contribution in [2.45, 2.75) is 26.2 Å². The van der Waals surface area contributed by atoms with Gasteiger partial charge >= 0.3 is 0 Å². The van der Waals surface area contributed by atoms with Crippen molar-refractivity contribution < 1.29 is 9.47 Å². The van der Waals surface area contributed by atoms with Crippen LogP contribution in [0.2, 0.25) is 0 Å². The molecule has 2 aliphatic rings. The molecule has 1 aromatic carbocycles. The SMILES string of the molecule is C[C@H]1CCc2c(ccc3c2OCO3)C1. The van der Waals surface area contributed by atoms with Gasteiger partial charge in [0.05, 0.1) is 0 Å². The number of hydrogen-bond acceptors (Lipinski definition) is 2. The largest absolute Gasteiger partial charge is 0.454 e. The van der Waals surface area contributed by atoms with Crippen molar-refractivity contribution in [3.63, 3.8) is 0 Å². The Morgan fingerprint density at radius 2 is 2.21 bits per heavy atom. The van der Waals surface area contributed by atoms with E-state index in [-0.39, 0.29) is 0 Å². The number of benzene rings is 1. The molecular weight excluding hydrogens is 176 g/mol. The van der Waals surface area contributed by atoms with Crippen molar-refractivity contribution in [1.82, 2.24) is 0 Å². The zero-order chi connectivity index (χ0) is 9.54. The quantitative estimate of drug-likeness (QED) is 0.626. The molecule has 0 fully saturated rings. The van der Waals surface area contributed by atoms with E-state index in [2.05, 4.69) is 13.0 Å². The van der Waals surface area contributed by atoms with E-state index < -0.39 is 0 Å². The molecule has 14 heavy (non-hydrogen) atoms. The first-order valence-corrected chi connectivity index (χ1v) is 5.25. The maximum Gasteiger partial charge on any atom is 0.231 e.